The van der Waals surface area contributed by atoms with Crippen LogP contribution >= 0.6 is 0 Å². The largest absolute Gasteiger partial charge is 0.500 e. The number of aromatic nitrogens is 2. The van der Waals surface area contributed by atoms with Crippen molar-refractivity contribution in [3.63, 3.8) is 0 Å². The van der Waals surface area contributed by atoms with Gasteiger partial charge in [-0.15, -0.1) is 0 Å². The normalized spacial score (nSPS) is 33.9. The zero-order valence-corrected chi connectivity index (χ0v) is 33.4. The summed E-state index contributed by atoms with van der Waals surface area (Å²) < 4.78 is 30.0. The average molecular weight is 747 g/mol. The average Bonchev–Trinajstić information content (AvgIpc) is 3.58. The number of methoxy groups -OCH3 is 1. The molecule has 2 aromatic carbocycles. The predicted octanol–water partition coefficient (Wildman–Crippen LogP) is 6.42. The number of piperidine rings is 2. The van der Waals surface area contributed by atoms with E-state index in [4.69, 9.17) is 18.9 Å². The van der Waals surface area contributed by atoms with Crippen LogP contribution in [0.2, 0.25) is 0 Å². The van der Waals surface area contributed by atoms with E-state index in [2.05, 4.69) is 83.5 Å². The highest BCUT2D eigenvalue weighted by Gasteiger charge is 2.58. The number of hydrogen-bond donors (Lipinski definition) is 0. The first-order chi connectivity index (χ1) is 26.4. The van der Waals surface area contributed by atoms with Crippen LogP contribution in [0.4, 0.5) is 0 Å². The fourth-order valence-electron chi connectivity index (χ4n) is 12.8. The smallest absolute Gasteiger partial charge is 0.305 e. The molecule has 0 amide bonds. The maximum absolute atomic E-state index is 12.8. The molecule has 55 heavy (non-hydrogen) atoms. The van der Waals surface area contributed by atoms with E-state index < -0.39 is 5.79 Å². The van der Waals surface area contributed by atoms with E-state index in [-0.39, 0.29) is 59.5 Å². The molecule has 3 saturated heterocycles. The van der Waals surface area contributed by atoms with E-state index in [9.17, 15) is 9.59 Å². The van der Waals surface area contributed by atoms with Crippen LogP contribution in [0.25, 0.3) is 21.8 Å². The Morgan fingerprint density at radius 2 is 1.51 bits per heavy atom. The zero-order chi connectivity index (χ0) is 38.2. The molecule has 6 aliphatic rings. The number of ketones is 1. The second-order valence-corrected chi connectivity index (χ2v) is 17.7. The van der Waals surface area contributed by atoms with E-state index in [0.717, 1.165) is 48.1 Å². The number of rotatable bonds is 5. The molecule has 2 unspecified atom stereocenters. The first-order valence-electron chi connectivity index (χ1n) is 20.2. The maximum Gasteiger partial charge on any atom is 0.305 e. The summed E-state index contributed by atoms with van der Waals surface area (Å²) in [6, 6.07) is 14.5. The van der Waals surface area contributed by atoms with Crippen LogP contribution in [0.15, 0.2) is 48.2 Å². The van der Waals surface area contributed by atoms with Gasteiger partial charge in [0.2, 0.25) is 5.79 Å². The van der Waals surface area contributed by atoms with Crippen molar-refractivity contribution in [2.75, 3.05) is 34.4 Å². The molecule has 0 N–H and O–H groups in total. The van der Waals surface area contributed by atoms with Crippen LogP contribution in [0.3, 0.4) is 0 Å². The minimum atomic E-state index is -1.08. The molecule has 10 atom stereocenters. The summed E-state index contributed by atoms with van der Waals surface area (Å²) in [6.45, 7) is 6.35. The Bertz CT molecular complexity index is 2300. The van der Waals surface area contributed by atoms with Gasteiger partial charge in [-0.1, -0.05) is 18.2 Å². The third-order valence-electron chi connectivity index (χ3n) is 15.4. The van der Waals surface area contributed by atoms with Crippen LogP contribution in [0.1, 0.15) is 73.8 Å². The molecule has 8 heterocycles. The molecule has 10 heteroatoms. The minimum absolute atomic E-state index is 0.0848. The van der Waals surface area contributed by atoms with E-state index in [1.165, 1.54) is 45.7 Å². The summed E-state index contributed by atoms with van der Waals surface area (Å²) >= 11 is 0. The summed E-state index contributed by atoms with van der Waals surface area (Å²) in [5, 5.41) is 2.62. The number of allylic oxidation sites excluding steroid dienone is 1. The van der Waals surface area contributed by atoms with Gasteiger partial charge >= 0.3 is 5.97 Å². The second-order valence-electron chi connectivity index (χ2n) is 17.7. The highest BCUT2D eigenvalue weighted by molar-refractivity contribution is 5.94. The van der Waals surface area contributed by atoms with Gasteiger partial charge in [0.1, 0.15) is 5.75 Å². The Morgan fingerprint density at radius 1 is 0.836 bits per heavy atom. The lowest BCUT2D eigenvalue weighted by molar-refractivity contribution is -0.296. The topological polar surface area (TPSA) is 87.4 Å². The van der Waals surface area contributed by atoms with Gasteiger partial charge in [-0.25, -0.2) is 0 Å². The van der Waals surface area contributed by atoms with Crippen molar-refractivity contribution in [1.82, 2.24) is 18.9 Å². The number of fused-ring (bicyclic) bond motifs is 16. The highest BCUT2D eigenvalue weighted by Crippen LogP contribution is 2.56. The summed E-state index contributed by atoms with van der Waals surface area (Å²) in [5.41, 5.74) is 10.0. The molecule has 3 fully saturated rings. The Labute approximate surface area is 323 Å². The van der Waals surface area contributed by atoms with Gasteiger partial charge in [-0.3, -0.25) is 19.4 Å². The molecular formula is C45H54N4O6. The van der Waals surface area contributed by atoms with Crippen molar-refractivity contribution in [3.8, 4) is 5.75 Å². The number of benzene rings is 2. The van der Waals surface area contributed by atoms with Gasteiger partial charge in [-0.2, -0.15) is 0 Å². The van der Waals surface area contributed by atoms with Crippen molar-refractivity contribution in [2.45, 2.75) is 82.8 Å². The van der Waals surface area contributed by atoms with Gasteiger partial charge in [-0.05, 0) is 93.8 Å². The van der Waals surface area contributed by atoms with E-state index in [0.29, 0.717) is 25.7 Å². The molecular weight excluding hydrogens is 693 g/mol. The predicted molar refractivity (Wildman–Crippen MR) is 210 cm³/mol. The lowest BCUT2D eigenvalue weighted by Gasteiger charge is -2.58. The number of nitrogens with zero attached hydrogens (tertiary/aromatic N) is 4. The fraction of sp³-hybridized carbons (Fsp3) is 0.556. The highest BCUT2D eigenvalue weighted by atomic mass is 16.7. The van der Waals surface area contributed by atoms with E-state index in [1.54, 1.807) is 20.3 Å². The number of esters is 1. The summed E-state index contributed by atoms with van der Waals surface area (Å²) in [6.07, 6.45) is 6.12. The molecule has 4 bridgehead atoms. The molecule has 290 valence electrons. The zero-order valence-electron chi connectivity index (χ0n) is 33.4. The van der Waals surface area contributed by atoms with Crippen molar-refractivity contribution < 1.29 is 28.5 Å². The number of carbonyl (C=O) groups is 2. The quantitative estimate of drug-likeness (QED) is 0.217. The Kier molecular flexibility index (Phi) is 7.98. The first-order valence-corrected chi connectivity index (χ1v) is 20.2. The molecule has 10 rings (SSSR count). The SMILES string of the molecule is COc1cc2c(cc1CC1[C@@H]3C[C@H]4c5c(c6ccccc6n5C)C[C@@H]([C@@H]3COC1(C)OC(C)=O)N4C)c1c(n2C)[C@@H]2C[C@H]3C(C(C)=O)=COC[C@H]3[C@H](C1)N2C. The molecule has 6 aliphatic heterocycles. The van der Waals surface area contributed by atoms with Crippen molar-refractivity contribution in [3.05, 3.63) is 76.3 Å². The molecule has 0 spiro atoms. The van der Waals surface area contributed by atoms with Gasteiger partial charge in [0, 0.05) is 97.1 Å². The van der Waals surface area contributed by atoms with Crippen LogP contribution in [-0.2, 0) is 57.2 Å². The number of hydrogen-bond acceptors (Lipinski definition) is 8. The summed E-state index contributed by atoms with van der Waals surface area (Å²) in [4.78, 5) is 30.7. The van der Waals surface area contributed by atoms with Crippen molar-refractivity contribution >= 4 is 33.6 Å². The molecule has 10 nitrogen and oxygen atoms in total. The third kappa shape index (κ3) is 4.96. The number of likely N-dealkylation sites (N-methyl/N-ethyl adjacent to an activating group) is 2. The molecule has 2 aromatic heterocycles. The van der Waals surface area contributed by atoms with Crippen LogP contribution < -0.4 is 4.74 Å². The maximum atomic E-state index is 12.8. The molecule has 0 saturated carbocycles. The lowest BCUT2D eigenvalue weighted by Crippen LogP contribution is -2.62. The summed E-state index contributed by atoms with van der Waals surface area (Å²) in [5.74, 6) is 0.496. The molecule has 0 radical (unpaired) electrons. The Balaban J connectivity index is 1.06. The standard InChI is InChI=1S/C45H54N4O6/c1-23(50)32-20-53-21-33-27(32)15-40-44-31(18-37(33)46(40)4)29-13-25(42(52-8)19-39(29)49(44)7)14-35-28-16-41-43-30(26-11-9-10-12-36(26)48(43)6)17-38(47(41)5)34(28)22-54-45(35,3)55-24(2)51/h9-13,19-20,27-28,33-35,37-38,40-41H,14-18,21-22H2,1-8H3/t27-,28+,33+,34+,35?,37-,38-,40-,41-,45?/m0/s1. The van der Waals surface area contributed by atoms with E-state index >= 15 is 0 Å². The monoisotopic (exact) mass is 746 g/mol. The van der Waals surface area contributed by atoms with Crippen molar-refractivity contribution in [2.24, 2.45) is 43.7 Å². The number of ether oxygens (including phenoxy) is 4. The second kappa shape index (κ2) is 12.4. The lowest BCUT2D eigenvalue weighted by atomic mass is 9.62. The van der Waals surface area contributed by atoms with Gasteiger partial charge in [0.25, 0.3) is 0 Å². The Hall–Kier alpha value is -4.12. The van der Waals surface area contributed by atoms with Crippen LogP contribution in [-0.4, -0.2) is 83.0 Å². The van der Waals surface area contributed by atoms with Gasteiger partial charge < -0.3 is 28.1 Å². The van der Waals surface area contributed by atoms with Gasteiger partial charge in [0.05, 0.1) is 44.2 Å². The third-order valence-corrected chi connectivity index (χ3v) is 15.4. The van der Waals surface area contributed by atoms with Crippen LogP contribution in [0, 0.1) is 29.6 Å². The minimum Gasteiger partial charge on any atom is -0.500 e. The van der Waals surface area contributed by atoms with Crippen LogP contribution in [0.5, 0.6) is 5.75 Å². The number of para-hydroxylation sites is 1. The molecule has 0 aliphatic carbocycles. The first kappa shape index (κ1) is 35.3. The fourth-order valence-corrected chi connectivity index (χ4v) is 12.8. The number of aryl methyl sites for hydroxylation is 2. The van der Waals surface area contributed by atoms with E-state index in [1.807, 2.05) is 6.92 Å². The Morgan fingerprint density at radius 3 is 2.22 bits per heavy atom. The summed E-state index contributed by atoms with van der Waals surface area (Å²) in [7, 11) is 10.7. The number of carbonyl (C=O) groups excluding carboxylic acids is 2. The van der Waals surface area contributed by atoms with Crippen molar-refractivity contribution in [1.29, 1.82) is 0 Å². The molecule has 4 aromatic rings. The van der Waals surface area contributed by atoms with Gasteiger partial charge in [0.15, 0.2) is 5.78 Å². The number of Topliss-reactive ketones (excluding diaryl/α,β-unsaturated/α-hetero) is 1.